The molecule has 0 atom stereocenters. The van der Waals surface area contributed by atoms with Crippen molar-refractivity contribution in [3.8, 4) is 11.5 Å². The monoisotopic (exact) mass is 580 g/mol. The summed E-state index contributed by atoms with van der Waals surface area (Å²) in [7, 11) is 1.61. The number of ether oxygens (including phenoxy) is 2. The van der Waals surface area contributed by atoms with Gasteiger partial charge in [0.05, 0.1) is 30.0 Å². The van der Waals surface area contributed by atoms with Gasteiger partial charge in [-0.3, -0.25) is 9.69 Å². The Hall–Kier alpha value is -3.19. The molecule has 3 aromatic carbocycles. The number of rotatable bonds is 9. The van der Waals surface area contributed by atoms with E-state index < -0.39 is 0 Å². The Morgan fingerprint density at radius 2 is 1.77 bits per heavy atom. The van der Waals surface area contributed by atoms with E-state index in [1.807, 2.05) is 62.4 Å². The van der Waals surface area contributed by atoms with E-state index in [0.29, 0.717) is 56.0 Å². The molecule has 0 bridgehead atoms. The summed E-state index contributed by atoms with van der Waals surface area (Å²) in [6, 6.07) is 15.0. The highest BCUT2D eigenvalue weighted by Crippen LogP contribution is 2.40. The fourth-order valence-electron chi connectivity index (χ4n) is 4.00. The molecule has 39 heavy (non-hydrogen) atoms. The van der Waals surface area contributed by atoms with Crippen molar-refractivity contribution >= 4 is 63.5 Å². The fraction of sp³-hybridized carbons (Fsp3) is 0.226. The van der Waals surface area contributed by atoms with Gasteiger partial charge in [-0.25, -0.2) is 4.99 Å². The van der Waals surface area contributed by atoms with Gasteiger partial charge < -0.3 is 9.47 Å². The Morgan fingerprint density at radius 3 is 2.41 bits per heavy atom. The van der Waals surface area contributed by atoms with Crippen molar-refractivity contribution in [1.29, 1.82) is 0 Å². The number of amides is 1. The lowest BCUT2D eigenvalue weighted by molar-refractivity contribution is -0.113. The van der Waals surface area contributed by atoms with Crippen LogP contribution in [0.15, 0.2) is 71.1 Å². The number of aryl methyl sites for hydroxylation is 2. The minimum atomic E-state index is -0.201. The zero-order chi connectivity index (χ0) is 28.1. The van der Waals surface area contributed by atoms with Crippen molar-refractivity contribution < 1.29 is 14.3 Å². The smallest absolute Gasteiger partial charge is 0.271 e. The van der Waals surface area contributed by atoms with Crippen LogP contribution in [-0.2, 0) is 11.2 Å². The van der Waals surface area contributed by atoms with Crippen LogP contribution in [0.4, 0.5) is 11.4 Å². The first kappa shape index (κ1) is 28.8. The molecule has 4 rings (SSSR count). The van der Waals surface area contributed by atoms with Gasteiger partial charge in [0.2, 0.25) is 0 Å². The average molecular weight is 582 g/mol. The van der Waals surface area contributed by atoms with Gasteiger partial charge in [0.25, 0.3) is 5.91 Å². The van der Waals surface area contributed by atoms with Crippen molar-refractivity contribution in [1.82, 2.24) is 0 Å². The second-order valence-corrected chi connectivity index (χ2v) is 10.9. The second kappa shape index (κ2) is 12.8. The topological polar surface area (TPSA) is 51.1 Å². The Balaban J connectivity index is 1.81. The van der Waals surface area contributed by atoms with Gasteiger partial charge in [-0.2, -0.15) is 0 Å². The van der Waals surface area contributed by atoms with E-state index in [2.05, 4.69) is 13.5 Å². The quantitative estimate of drug-likeness (QED) is 0.187. The number of benzene rings is 3. The van der Waals surface area contributed by atoms with E-state index >= 15 is 0 Å². The maximum atomic E-state index is 13.8. The van der Waals surface area contributed by atoms with Crippen LogP contribution in [0.2, 0.25) is 10.0 Å². The maximum Gasteiger partial charge on any atom is 0.271 e. The molecule has 1 saturated heterocycles. The lowest BCUT2D eigenvalue weighted by Crippen LogP contribution is -2.28. The van der Waals surface area contributed by atoms with E-state index in [0.717, 1.165) is 28.7 Å². The molecule has 1 aliphatic rings. The largest absolute Gasteiger partial charge is 0.493 e. The van der Waals surface area contributed by atoms with Gasteiger partial charge >= 0.3 is 0 Å². The third-order valence-corrected chi connectivity index (χ3v) is 7.87. The predicted molar refractivity (Wildman–Crippen MR) is 165 cm³/mol. The summed E-state index contributed by atoms with van der Waals surface area (Å²) in [5.74, 6) is 1.10. The zero-order valence-electron chi connectivity index (χ0n) is 22.4. The zero-order valence-corrected chi connectivity index (χ0v) is 24.7. The van der Waals surface area contributed by atoms with E-state index in [9.17, 15) is 4.79 Å². The first-order valence-corrected chi connectivity index (χ1v) is 14.1. The van der Waals surface area contributed by atoms with Crippen LogP contribution >= 0.6 is 35.0 Å². The number of anilines is 1. The summed E-state index contributed by atoms with van der Waals surface area (Å²) >= 11 is 14.1. The summed E-state index contributed by atoms with van der Waals surface area (Å²) in [5.41, 5.74) is 4.91. The summed E-state index contributed by atoms with van der Waals surface area (Å²) < 4.78 is 11.6. The SMILES string of the molecule is C=CCc1cc(/C=C2/SC(=Nc3ccc(C)c(Cl)c3)N(c3ccc(C)c(Cl)c3)C2=O)cc(OC)c1OCCC. The molecule has 0 aromatic heterocycles. The number of carbonyl (C=O) groups is 1. The molecule has 0 spiro atoms. The number of hydrogen-bond donors (Lipinski definition) is 0. The highest BCUT2D eigenvalue weighted by molar-refractivity contribution is 8.19. The summed E-state index contributed by atoms with van der Waals surface area (Å²) in [6.07, 6.45) is 5.14. The van der Waals surface area contributed by atoms with Gasteiger partial charge in [-0.15, -0.1) is 6.58 Å². The average Bonchev–Trinajstić information content (AvgIpc) is 3.21. The van der Waals surface area contributed by atoms with Crippen LogP contribution < -0.4 is 14.4 Å². The van der Waals surface area contributed by atoms with E-state index in [1.165, 1.54) is 11.8 Å². The van der Waals surface area contributed by atoms with Crippen LogP contribution in [0.1, 0.15) is 35.6 Å². The Kier molecular flexibility index (Phi) is 9.44. The van der Waals surface area contributed by atoms with Crippen molar-refractivity contribution in [2.75, 3.05) is 18.6 Å². The van der Waals surface area contributed by atoms with Crippen LogP contribution in [0.5, 0.6) is 11.5 Å². The number of amidine groups is 1. The molecule has 0 radical (unpaired) electrons. The normalized spacial score (nSPS) is 15.3. The lowest BCUT2D eigenvalue weighted by Gasteiger charge is -2.17. The minimum Gasteiger partial charge on any atom is -0.493 e. The standard InChI is InChI=1S/C31H30Cl2N2O3S/c1-6-8-22-14-21(15-27(37-5)29(22)38-13-7-2)16-28-30(36)35(24-12-10-20(4)26(33)18-24)31(39-28)34-23-11-9-19(3)25(32)17-23/h6,9-12,14-18H,1,7-8,13H2,2-5H3/b28-16+,34-31?. The number of methoxy groups -OCH3 is 1. The molecular formula is C31H30Cl2N2O3S. The van der Waals surface area contributed by atoms with Gasteiger partial charge in [0.1, 0.15) is 0 Å². The third-order valence-electron chi connectivity index (χ3n) is 6.09. The summed E-state index contributed by atoms with van der Waals surface area (Å²) in [6.45, 7) is 10.4. The van der Waals surface area contributed by atoms with Crippen molar-refractivity contribution in [2.45, 2.75) is 33.6 Å². The van der Waals surface area contributed by atoms with Crippen LogP contribution in [0, 0.1) is 13.8 Å². The molecule has 0 saturated carbocycles. The fourth-order valence-corrected chi connectivity index (χ4v) is 5.35. The van der Waals surface area contributed by atoms with Gasteiger partial charge in [0.15, 0.2) is 16.7 Å². The van der Waals surface area contributed by atoms with Crippen molar-refractivity contribution in [3.05, 3.63) is 98.4 Å². The van der Waals surface area contributed by atoms with E-state index in [1.54, 1.807) is 24.1 Å². The summed E-state index contributed by atoms with van der Waals surface area (Å²) in [4.78, 5) is 20.7. The number of thioether (sulfide) groups is 1. The molecule has 0 aliphatic carbocycles. The highest BCUT2D eigenvalue weighted by atomic mass is 35.5. The molecule has 3 aromatic rings. The molecule has 1 amide bonds. The Bertz CT molecular complexity index is 1480. The van der Waals surface area contributed by atoms with Crippen molar-refractivity contribution in [2.24, 2.45) is 4.99 Å². The molecule has 1 fully saturated rings. The number of nitrogens with zero attached hydrogens (tertiary/aromatic N) is 2. The molecular weight excluding hydrogens is 551 g/mol. The number of allylic oxidation sites excluding steroid dienone is 1. The summed E-state index contributed by atoms with van der Waals surface area (Å²) in [5, 5.41) is 1.69. The molecule has 5 nitrogen and oxygen atoms in total. The molecule has 0 unspecified atom stereocenters. The lowest BCUT2D eigenvalue weighted by atomic mass is 10.0. The molecule has 8 heteroatoms. The number of hydrogen-bond acceptors (Lipinski definition) is 5. The third kappa shape index (κ3) is 6.52. The maximum absolute atomic E-state index is 13.8. The number of carbonyl (C=O) groups excluding carboxylic acids is 1. The van der Waals surface area contributed by atoms with Crippen LogP contribution in [0.3, 0.4) is 0 Å². The van der Waals surface area contributed by atoms with Gasteiger partial charge in [0, 0.05) is 15.6 Å². The minimum absolute atomic E-state index is 0.201. The van der Waals surface area contributed by atoms with Gasteiger partial charge in [-0.1, -0.05) is 48.3 Å². The highest BCUT2D eigenvalue weighted by Gasteiger charge is 2.35. The second-order valence-electron chi connectivity index (χ2n) is 9.07. The van der Waals surface area contributed by atoms with E-state index in [4.69, 9.17) is 37.7 Å². The van der Waals surface area contributed by atoms with Crippen molar-refractivity contribution in [3.63, 3.8) is 0 Å². The predicted octanol–water partition coefficient (Wildman–Crippen LogP) is 8.94. The Morgan fingerprint density at radius 1 is 1.05 bits per heavy atom. The first-order valence-electron chi connectivity index (χ1n) is 12.5. The van der Waals surface area contributed by atoms with E-state index in [-0.39, 0.29) is 5.91 Å². The molecule has 0 N–H and O–H groups in total. The van der Waals surface area contributed by atoms with Crippen LogP contribution in [-0.4, -0.2) is 24.8 Å². The first-order chi connectivity index (χ1) is 18.7. The van der Waals surface area contributed by atoms with Gasteiger partial charge in [-0.05, 0) is 97.6 Å². The molecule has 1 heterocycles. The number of halogens is 2. The van der Waals surface area contributed by atoms with Crippen LogP contribution in [0.25, 0.3) is 6.08 Å². The molecule has 1 aliphatic heterocycles. The number of aliphatic imine (C=N–C) groups is 1. The Labute approximate surface area is 244 Å². The molecule has 202 valence electrons.